The van der Waals surface area contributed by atoms with Crippen molar-refractivity contribution in [3.63, 3.8) is 0 Å². The molecule has 15 heavy (non-hydrogen) atoms. The molecule has 0 bridgehead atoms. The molecule has 0 aromatic heterocycles. The van der Waals surface area contributed by atoms with Gasteiger partial charge in [0.1, 0.15) is 0 Å². The highest BCUT2D eigenvalue weighted by Crippen LogP contribution is 2.49. The fourth-order valence-electron chi connectivity index (χ4n) is 2.33. The average Bonchev–Trinajstić information content (AvgIpc) is 2.18. The van der Waals surface area contributed by atoms with Gasteiger partial charge in [-0.3, -0.25) is 4.57 Å². The Morgan fingerprint density at radius 1 is 1.47 bits per heavy atom. The Hall–Kier alpha value is 0.110. The zero-order valence-electron chi connectivity index (χ0n) is 9.39. The molecule has 1 rings (SSSR count). The standard InChI is InChI=1S/C10H22NO3P/c1-9(12)7-15(13,14-11)8-10-5-3-2-4-6-10/h9-10,12H,2-8,11H2,1H3. The summed E-state index contributed by atoms with van der Waals surface area (Å²) in [6.07, 6.45) is 6.05. The molecule has 2 unspecified atom stereocenters. The third-order valence-electron chi connectivity index (χ3n) is 3.00. The maximum absolute atomic E-state index is 12.2. The smallest absolute Gasteiger partial charge is 0.223 e. The van der Waals surface area contributed by atoms with Crippen LogP contribution in [-0.2, 0) is 9.19 Å². The molecule has 5 heteroatoms. The predicted molar refractivity (Wildman–Crippen MR) is 60.9 cm³/mol. The molecule has 1 aliphatic rings. The molecular formula is C10H22NO3P. The van der Waals surface area contributed by atoms with Crippen LogP contribution in [0.5, 0.6) is 0 Å². The molecule has 0 saturated heterocycles. The molecule has 1 aliphatic carbocycles. The Bertz CT molecular complexity index is 227. The lowest BCUT2D eigenvalue weighted by molar-refractivity contribution is 0.208. The third-order valence-corrected chi connectivity index (χ3v) is 5.54. The van der Waals surface area contributed by atoms with Crippen molar-refractivity contribution in [1.29, 1.82) is 0 Å². The second-order valence-corrected chi connectivity index (χ2v) is 7.21. The van der Waals surface area contributed by atoms with Gasteiger partial charge in [0.25, 0.3) is 0 Å². The Kier molecular flexibility index (Phi) is 5.27. The fourth-order valence-corrected chi connectivity index (χ4v) is 4.60. The van der Waals surface area contributed by atoms with E-state index in [9.17, 15) is 9.67 Å². The molecule has 1 saturated carbocycles. The van der Waals surface area contributed by atoms with Gasteiger partial charge < -0.3 is 5.11 Å². The molecule has 0 amide bonds. The summed E-state index contributed by atoms with van der Waals surface area (Å²) in [6.45, 7) is 1.62. The summed E-state index contributed by atoms with van der Waals surface area (Å²) in [5.41, 5.74) is 0. The molecule has 1 fully saturated rings. The first-order valence-corrected chi connectivity index (χ1v) is 7.70. The van der Waals surface area contributed by atoms with E-state index in [1.54, 1.807) is 6.92 Å². The largest absolute Gasteiger partial charge is 0.393 e. The minimum absolute atomic E-state index is 0.181. The van der Waals surface area contributed by atoms with Crippen molar-refractivity contribution >= 4 is 7.37 Å². The molecule has 4 nitrogen and oxygen atoms in total. The van der Waals surface area contributed by atoms with E-state index >= 15 is 0 Å². The van der Waals surface area contributed by atoms with Crippen LogP contribution in [0.1, 0.15) is 39.0 Å². The molecule has 3 N–H and O–H groups in total. The SMILES string of the molecule is CC(O)CP(=O)(CC1CCCCC1)ON. The zero-order chi connectivity index (χ0) is 11.3. The minimum Gasteiger partial charge on any atom is -0.393 e. The maximum Gasteiger partial charge on any atom is 0.223 e. The zero-order valence-corrected chi connectivity index (χ0v) is 10.3. The Morgan fingerprint density at radius 3 is 2.53 bits per heavy atom. The van der Waals surface area contributed by atoms with E-state index in [-0.39, 0.29) is 6.16 Å². The molecule has 0 aromatic rings. The average molecular weight is 235 g/mol. The summed E-state index contributed by atoms with van der Waals surface area (Å²) in [4.78, 5) is 0. The van der Waals surface area contributed by atoms with Crippen LogP contribution in [0.2, 0.25) is 0 Å². The summed E-state index contributed by atoms with van der Waals surface area (Å²) in [5.74, 6) is 5.56. The lowest BCUT2D eigenvalue weighted by Crippen LogP contribution is -2.19. The van der Waals surface area contributed by atoms with Crippen molar-refractivity contribution < 1.29 is 14.3 Å². The van der Waals surface area contributed by atoms with Gasteiger partial charge in [-0.25, -0.2) is 10.5 Å². The second kappa shape index (κ2) is 6.00. The lowest BCUT2D eigenvalue weighted by atomic mass is 9.91. The molecule has 90 valence electrons. The molecule has 0 aliphatic heterocycles. The first-order valence-electron chi connectivity index (χ1n) is 5.70. The third kappa shape index (κ3) is 4.64. The van der Waals surface area contributed by atoms with E-state index in [2.05, 4.69) is 4.62 Å². The Labute approximate surface area is 91.6 Å². The monoisotopic (exact) mass is 235 g/mol. The summed E-state index contributed by atoms with van der Waals surface area (Å²) < 4.78 is 16.8. The second-order valence-electron chi connectivity index (χ2n) is 4.64. The lowest BCUT2D eigenvalue weighted by Gasteiger charge is -2.25. The highest BCUT2D eigenvalue weighted by molar-refractivity contribution is 7.59. The van der Waals surface area contributed by atoms with Crippen LogP contribution < -0.4 is 5.90 Å². The van der Waals surface area contributed by atoms with E-state index in [1.807, 2.05) is 0 Å². The van der Waals surface area contributed by atoms with Gasteiger partial charge in [-0.2, -0.15) is 0 Å². The van der Waals surface area contributed by atoms with Gasteiger partial charge in [0.05, 0.1) is 12.3 Å². The molecule has 2 atom stereocenters. The van der Waals surface area contributed by atoms with Crippen molar-refractivity contribution in [2.75, 3.05) is 12.3 Å². The van der Waals surface area contributed by atoms with Crippen LogP contribution >= 0.6 is 7.37 Å². The van der Waals surface area contributed by atoms with E-state index in [4.69, 9.17) is 5.90 Å². The normalized spacial score (nSPS) is 24.7. The van der Waals surface area contributed by atoms with Gasteiger partial charge in [-0.05, 0) is 25.7 Å². The van der Waals surface area contributed by atoms with E-state index < -0.39 is 13.5 Å². The number of aliphatic hydroxyl groups excluding tert-OH is 1. The van der Waals surface area contributed by atoms with Crippen LogP contribution in [0.4, 0.5) is 0 Å². The molecule has 0 spiro atoms. The van der Waals surface area contributed by atoms with Gasteiger partial charge in [-0.15, -0.1) is 0 Å². The first kappa shape index (κ1) is 13.2. The van der Waals surface area contributed by atoms with Crippen molar-refractivity contribution in [3.8, 4) is 0 Å². The molecular weight excluding hydrogens is 213 g/mol. The quantitative estimate of drug-likeness (QED) is 0.565. The predicted octanol–water partition coefficient (Wildman–Crippen LogP) is 2.12. The van der Waals surface area contributed by atoms with Crippen LogP contribution in [0.3, 0.4) is 0 Å². The van der Waals surface area contributed by atoms with Crippen molar-refractivity contribution in [3.05, 3.63) is 0 Å². The first-order chi connectivity index (χ1) is 7.06. The Balaban J connectivity index is 2.47. The number of hydrogen-bond donors (Lipinski definition) is 2. The van der Waals surface area contributed by atoms with Gasteiger partial charge >= 0.3 is 0 Å². The maximum atomic E-state index is 12.2. The van der Waals surface area contributed by atoms with Crippen molar-refractivity contribution in [2.45, 2.75) is 45.1 Å². The summed E-state index contributed by atoms with van der Waals surface area (Å²) >= 11 is 0. The molecule has 0 heterocycles. The highest BCUT2D eigenvalue weighted by Gasteiger charge is 2.29. The topological polar surface area (TPSA) is 72.5 Å². The number of nitrogens with two attached hydrogens (primary N) is 1. The summed E-state index contributed by atoms with van der Waals surface area (Å²) in [5, 5.41) is 9.24. The number of rotatable bonds is 5. The van der Waals surface area contributed by atoms with Gasteiger partial charge in [0.15, 0.2) is 0 Å². The summed E-state index contributed by atoms with van der Waals surface area (Å²) in [7, 11) is -2.80. The van der Waals surface area contributed by atoms with E-state index in [1.165, 1.54) is 19.3 Å². The van der Waals surface area contributed by atoms with Crippen LogP contribution in [0, 0.1) is 5.92 Å². The van der Waals surface area contributed by atoms with Crippen molar-refractivity contribution in [2.24, 2.45) is 11.8 Å². The van der Waals surface area contributed by atoms with Crippen LogP contribution in [0.25, 0.3) is 0 Å². The van der Waals surface area contributed by atoms with Crippen molar-refractivity contribution in [1.82, 2.24) is 0 Å². The van der Waals surface area contributed by atoms with Crippen LogP contribution in [0.15, 0.2) is 0 Å². The highest BCUT2D eigenvalue weighted by atomic mass is 31.2. The van der Waals surface area contributed by atoms with E-state index in [0.717, 1.165) is 12.8 Å². The molecule has 0 radical (unpaired) electrons. The van der Waals surface area contributed by atoms with E-state index in [0.29, 0.717) is 12.1 Å². The van der Waals surface area contributed by atoms with Gasteiger partial charge in [0, 0.05) is 6.16 Å². The van der Waals surface area contributed by atoms with Gasteiger partial charge in [0.2, 0.25) is 7.37 Å². The van der Waals surface area contributed by atoms with Gasteiger partial charge in [-0.1, -0.05) is 19.3 Å². The number of hydrogen-bond acceptors (Lipinski definition) is 4. The fraction of sp³-hybridized carbons (Fsp3) is 1.00. The minimum atomic E-state index is -2.80. The van der Waals surface area contributed by atoms with Crippen LogP contribution in [-0.4, -0.2) is 23.5 Å². The number of aliphatic hydroxyl groups is 1. The Morgan fingerprint density at radius 2 is 2.07 bits per heavy atom. The molecule has 0 aromatic carbocycles. The summed E-state index contributed by atoms with van der Waals surface area (Å²) in [6, 6.07) is 0.